The van der Waals surface area contributed by atoms with Crippen LogP contribution in [0.2, 0.25) is 0 Å². The Morgan fingerprint density at radius 2 is 2.11 bits per heavy atom. The van der Waals surface area contributed by atoms with Gasteiger partial charge in [-0.2, -0.15) is 17.4 Å². The first-order valence-electron chi connectivity index (χ1n) is 5.59. The Morgan fingerprint density at radius 1 is 1.44 bits per heavy atom. The number of nitrogens with zero attached hydrogens (tertiary/aromatic N) is 1. The quantitative estimate of drug-likeness (QED) is 0.895. The Labute approximate surface area is 119 Å². The minimum atomic E-state index is -3.43. The molecule has 0 bridgehead atoms. The maximum atomic E-state index is 12.1. The first-order valence-corrected chi connectivity index (χ1v) is 8.64. The molecule has 8 heteroatoms. The Morgan fingerprint density at radius 3 is 2.67 bits per heavy atom. The van der Waals surface area contributed by atoms with Crippen molar-refractivity contribution in [3.63, 3.8) is 0 Å². The number of hydrogen-bond acceptors (Lipinski definition) is 4. The van der Waals surface area contributed by atoms with Crippen molar-refractivity contribution in [3.05, 3.63) is 20.8 Å². The van der Waals surface area contributed by atoms with Gasteiger partial charge in [-0.1, -0.05) is 0 Å². The van der Waals surface area contributed by atoms with Crippen LogP contribution in [-0.4, -0.2) is 39.0 Å². The van der Waals surface area contributed by atoms with E-state index in [9.17, 15) is 8.42 Å². The first kappa shape index (κ1) is 14.4. The minimum absolute atomic E-state index is 0.228. The van der Waals surface area contributed by atoms with E-state index < -0.39 is 10.2 Å². The maximum absolute atomic E-state index is 12.1. The third-order valence-electron chi connectivity index (χ3n) is 2.66. The highest BCUT2D eigenvalue weighted by molar-refractivity contribution is 9.11. The van der Waals surface area contributed by atoms with Gasteiger partial charge in [0.15, 0.2) is 0 Å². The van der Waals surface area contributed by atoms with Crippen LogP contribution in [0.25, 0.3) is 0 Å². The van der Waals surface area contributed by atoms with Crippen molar-refractivity contribution < 1.29 is 13.2 Å². The van der Waals surface area contributed by atoms with Gasteiger partial charge in [-0.05, 0) is 35.0 Å². The van der Waals surface area contributed by atoms with E-state index in [1.165, 1.54) is 15.6 Å². The zero-order valence-electron chi connectivity index (χ0n) is 9.93. The molecule has 1 aromatic rings. The van der Waals surface area contributed by atoms with Crippen LogP contribution in [0.5, 0.6) is 0 Å². The van der Waals surface area contributed by atoms with Crippen LogP contribution < -0.4 is 4.72 Å². The number of thiophene rings is 1. The lowest BCUT2D eigenvalue weighted by Gasteiger charge is -2.27. The average molecular weight is 355 g/mol. The van der Waals surface area contributed by atoms with E-state index in [4.69, 9.17) is 4.74 Å². The second-order valence-corrected chi connectivity index (χ2v) is 8.19. The normalized spacial score (nSPS) is 19.9. The third-order valence-corrected chi connectivity index (χ3v) is 6.16. The van der Waals surface area contributed by atoms with Crippen LogP contribution in [0, 0.1) is 0 Å². The molecular weight excluding hydrogens is 340 g/mol. The molecule has 1 saturated heterocycles. The van der Waals surface area contributed by atoms with Crippen molar-refractivity contribution >= 4 is 37.5 Å². The van der Waals surface area contributed by atoms with Gasteiger partial charge in [0.1, 0.15) is 0 Å². The van der Waals surface area contributed by atoms with Crippen LogP contribution in [0.1, 0.15) is 17.8 Å². The minimum Gasteiger partial charge on any atom is -0.379 e. The summed E-state index contributed by atoms with van der Waals surface area (Å²) in [6.45, 7) is 3.59. The molecule has 0 saturated carbocycles. The van der Waals surface area contributed by atoms with Crippen LogP contribution in [-0.2, 0) is 14.9 Å². The Kier molecular flexibility index (Phi) is 4.79. The fourth-order valence-corrected chi connectivity index (χ4v) is 4.56. The molecule has 1 aromatic heterocycles. The molecule has 0 amide bonds. The fourth-order valence-electron chi connectivity index (χ4n) is 1.70. The van der Waals surface area contributed by atoms with Gasteiger partial charge in [-0.15, -0.1) is 11.3 Å². The highest BCUT2D eigenvalue weighted by atomic mass is 79.9. The molecule has 0 spiro atoms. The number of rotatable bonds is 4. The van der Waals surface area contributed by atoms with Gasteiger partial charge in [0.2, 0.25) is 0 Å². The molecule has 0 unspecified atom stereocenters. The lowest BCUT2D eigenvalue weighted by atomic mass is 10.3. The summed E-state index contributed by atoms with van der Waals surface area (Å²) in [5.74, 6) is 0. The van der Waals surface area contributed by atoms with Crippen molar-refractivity contribution in [3.8, 4) is 0 Å². The summed E-state index contributed by atoms with van der Waals surface area (Å²) in [6.07, 6.45) is 0. The van der Waals surface area contributed by atoms with Gasteiger partial charge in [0.25, 0.3) is 10.2 Å². The standard InChI is InChI=1S/C10H15BrN2O3S2/c1-8(9-2-3-10(11)17-9)12-18(14,15)13-4-6-16-7-5-13/h2-3,8,12H,4-7H2,1H3/t8-/m0/s1. The molecule has 0 radical (unpaired) electrons. The van der Waals surface area contributed by atoms with Crippen molar-refractivity contribution in [1.29, 1.82) is 0 Å². The maximum Gasteiger partial charge on any atom is 0.280 e. The van der Waals surface area contributed by atoms with E-state index in [2.05, 4.69) is 20.7 Å². The molecule has 102 valence electrons. The lowest BCUT2D eigenvalue weighted by Crippen LogP contribution is -2.47. The zero-order valence-corrected chi connectivity index (χ0v) is 13.1. The van der Waals surface area contributed by atoms with E-state index in [-0.39, 0.29) is 6.04 Å². The van der Waals surface area contributed by atoms with E-state index in [0.717, 1.165) is 8.66 Å². The Balaban J connectivity index is 2.03. The van der Waals surface area contributed by atoms with E-state index in [1.807, 2.05) is 19.1 Å². The predicted octanol–water partition coefficient (Wildman–Crippen LogP) is 1.74. The van der Waals surface area contributed by atoms with Crippen molar-refractivity contribution in [2.24, 2.45) is 0 Å². The van der Waals surface area contributed by atoms with Gasteiger partial charge >= 0.3 is 0 Å². The van der Waals surface area contributed by atoms with E-state index in [0.29, 0.717) is 26.3 Å². The summed E-state index contributed by atoms with van der Waals surface area (Å²) >= 11 is 4.90. The van der Waals surface area contributed by atoms with Gasteiger partial charge in [0, 0.05) is 18.0 Å². The molecule has 1 aliphatic heterocycles. The third kappa shape index (κ3) is 3.52. The molecule has 0 aromatic carbocycles. The largest absolute Gasteiger partial charge is 0.379 e. The molecule has 2 heterocycles. The number of morpholine rings is 1. The number of ether oxygens (including phenoxy) is 1. The number of hydrogen-bond donors (Lipinski definition) is 1. The van der Waals surface area contributed by atoms with Crippen LogP contribution in [0.4, 0.5) is 0 Å². The SMILES string of the molecule is C[C@H](NS(=O)(=O)N1CCOCC1)c1ccc(Br)s1. The summed E-state index contributed by atoms with van der Waals surface area (Å²) in [5.41, 5.74) is 0. The molecule has 2 rings (SSSR count). The molecule has 0 aliphatic carbocycles. The van der Waals surface area contributed by atoms with Crippen molar-refractivity contribution in [2.75, 3.05) is 26.3 Å². The number of nitrogens with one attached hydrogen (secondary N) is 1. The molecule has 5 nitrogen and oxygen atoms in total. The monoisotopic (exact) mass is 354 g/mol. The van der Waals surface area contributed by atoms with Crippen LogP contribution in [0.3, 0.4) is 0 Å². The Bertz CT molecular complexity index is 497. The predicted molar refractivity (Wildman–Crippen MR) is 74.9 cm³/mol. The highest BCUT2D eigenvalue weighted by Crippen LogP contribution is 2.27. The average Bonchev–Trinajstić information content (AvgIpc) is 2.77. The summed E-state index contributed by atoms with van der Waals surface area (Å²) in [6, 6.07) is 3.61. The lowest BCUT2D eigenvalue weighted by molar-refractivity contribution is 0.0723. The first-order chi connectivity index (χ1) is 8.49. The molecule has 1 aliphatic rings. The second kappa shape index (κ2) is 5.98. The second-order valence-electron chi connectivity index (χ2n) is 4.00. The summed E-state index contributed by atoms with van der Waals surface area (Å²) < 4.78 is 34.5. The van der Waals surface area contributed by atoms with E-state index >= 15 is 0 Å². The summed E-state index contributed by atoms with van der Waals surface area (Å²) in [5, 5.41) is 0. The van der Waals surface area contributed by atoms with Gasteiger partial charge in [-0.3, -0.25) is 0 Å². The smallest absolute Gasteiger partial charge is 0.280 e. The fraction of sp³-hybridized carbons (Fsp3) is 0.600. The molecule has 1 N–H and O–H groups in total. The summed E-state index contributed by atoms with van der Waals surface area (Å²) in [7, 11) is -3.43. The van der Waals surface area contributed by atoms with Crippen molar-refractivity contribution in [2.45, 2.75) is 13.0 Å². The van der Waals surface area contributed by atoms with Gasteiger partial charge < -0.3 is 4.74 Å². The molecule has 18 heavy (non-hydrogen) atoms. The topological polar surface area (TPSA) is 58.6 Å². The zero-order chi connectivity index (χ0) is 13.2. The molecule has 1 atom stereocenters. The van der Waals surface area contributed by atoms with Gasteiger partial charge in [-0.25, -0.2) is 0 Å². The summed E-state index contributed by atoms with van der Waals surface area (Å²) in [4.78, 5) is 0.985. The number of halogens is 1. The van der Waals surface area contributed by atoms with Crippen LogP contribution in [0.15, 0.2) is 15.9 Å². The molecule has 1 fully saturated rings. The highest BCUT2D eigenvalue weighted by Gasteiger charge is 2.26. The Hall–Kier alpha value is 0.01000. The van der Waals surface area contributed by atoms with Crippen LogP contribution >= 0.6 is 27.3 Å². The van der Waals surface area contributed by atoms with E-state index in [1.54, 1.807) is 0 Å². The molecular formula is C10H15BrN2O3S2. The van der Waals surface area contributed by atoms with Gasteiger partial charge in [0.05, 0.1) is 23.0 Å². The van der Waals surface area contributed by atoms with Crippen molar-refractivity contribution in [1.82, 2.24) is 9.03 Å².